The van der Waals surface area contributed by atoms with Gasteiger partial charge in [-0.25, -0.2) is 9.59 Å². The van der Waals surface area contributed by atoms with Crippen molar-refractivity contribution in [3.8, 4) is 0 Å². The van der Waals surface area contributed by atoms with Crippen LogP contribution in [-0.4, -0.2) is 46.2 Å². The minimum atomic E-state index is -1.19. The van der Waals surface area contributed by atoms with Crippen molar-refractivity contribution in [2.75, 3.05) is 13.2 Å². The lowest BCUT2D eigenvalue weighted by atomic mass is 10.4. The molecule has 1 heterocycles. The molecule has 3 N–H and O–H groups in total. The molecule has 20 heavy (non-hydrogen) atoms. The van der Waals surface area contributed by atoms with E-state index in [1.165, 1.54) is 6.20 Å². The van der Waals surface area contributed by atoms with Gasteiger partial charge in [-0.2, -0.15) is 0 Å². The number of ether oxygens (including phenoxy) is 1. The monoisotopic (exact) mass is 282 g/mol. The summed E-state index contributed by atoms with van der Waals surface area (Å²) in [5.74, 6) is -1.93. The zero-order valence-corrected chi connectivity index (χ0v) is 10.8. The van der Waals surface area contributed by atoms with Gasteiger partial charge in [0.15, 0.2) is 0 Å². The molecule has 0 aliphatic heterocycles. The normalized spacial score (nSPS) is 9.85. The molecule has 1 aromatic rings. The summed E-state index contributed by atoms with van der Waals surface area (Å²) in [6.45, 7) is 0.785. The molecular weight excluding hydrogens is 268 g/mol. The van der Waals surface area contributed by atoms with Crippen LogP contribution in [0.2, 0.25) is 0 Å². The van der Waals surface area contributed by atoms with Crippen LogP contribution in [0, 0.1) is 6.92 Å². The van der Waals surface area contributed by atoms with Crippen molar-refractivity contribution in [1.82, 2.24) is 20.6 Å². The Kier molecular flexibility index (Phi) is 6.04. The summed E-state index contributed by atoms with van der Waals surface area (Å²) in [4.78, 5) is 40.7. The highest BCUT2D eigenvalue weighted by molar-refractivity contribution is 5.94. The van der Waals surface area contributed by atoms with Crippen molar-refractivity contribution < 1.29 is 24.2 Å². The molecule has 0 aromatic carbocycles. The topological polar surface area (TPSA) is 131 Å². The summed E-state index contributed by atoms with van der Waals surface area (Å²) in [6, 6.07) is -0.726. The van der Waals surface area contributed by atoms with Crippen molar-refractivity contribution in [1.29, 1.82) is 0 Å². The summed E-state index contributed by atoms with van der Waals surface area (Å²) < 4.78 is 4.52. The molecule has 9 heteroatoms. The van der Waals surface area contributed by atoms with E-state index in [1.54, 1.807) is 13.1 Å². The third-order valence-corrected chi connectivity index (χ3v) is 1.98. The molecule has 0 spiro atoms. The number of aromatic nitrogens is 2. The number of hydrogen-bond donors (Lipinski definition) is 3. The maximum atomic E-state index is 11.3. The first-order valence-corrected chi connectivity index (χ1v) is 5.62. The van der Waals surface area contributed by atoms with Crippen LogP contribution < -0.4 is 10.6 Å². The van der Waals surface area contributed by atoms with Crippen LogP contribution in [0.4, 0.5) is 4.79 Å². The number of nitrogens with zero attached hydrogens (tertiary/aromatic N) is 2. The average Bonchev–Trinajstić information content (AvgIpc) is 2.37. The van der Waals surface area contributed by atoms with Gasteiger partial charge in [-0.1, -0.05) is 0 Å². The van der Waals surface area contributed by atoms with Crippen LogP contribution >= 0.6 is 0 Å². The first kappa shape index (κ1) is 15.5. The molecule has 0 aliphatic carbocycles. The zero-order chi connectivity index (χ0) is 15.0. The number of carbonyl (C=O) groups excluding carboxylic acids is 2. The molecule has 0 aliphatic rings. The number of imide groups is 1. The number of aliphatic carboxylic acids is 1. The summed E-state index contributed by atoms with van der Waals surface area (Å²) in [5, 5.41) is 12.7. The summed E-state index contributed by atoms with van der Waals surface area (Å²) in [7, 11) is 0. The smallest absolute Gasteiger partial charge is 0.329 e. The fourth-order valence-corrected chi connectivity index (χ4v) is 1.12. The molecule has 0 fully saturated rings. The number of aryl methyl sites for hydroxylation is 1. The molecule has 0 radical (unpaired) electrons. The Balaban J connectivity index is 2.24. The Labute approximate surface area is 114 Å². The second-order valence-electron chi connectivity index (χ2n) is 3.77. The molecular formula is C11H14N4O5. The number of carboxylic acids is 1. The van der Waals surface area contributed by atoms with Crippen molar-refractivity contribution in [3.05, 3.63) is 23.8 Å². The van der Waals surface area contributed by atoms with E-state index in [4.69, 9.17) is 5.11 Å². The van der Waals surface area contributed by atoms with Crippen molar-refractivity contribution >= 4 is 17.9 Å². The molecule has 108 valence electrons. The van der Waals surface area contributed by atoms with E-state index < -0.39 is 31.1 Å². The Hall–Kier alpha value is -2.55. The Bertz CT molecular complexity index is 488. The van der Waals surface area contributed by atoms with Gasteiger partial charge in [-0.05, 0) is 6.92 Å². The van der Waals surface area contributed by atoms with Gasteiger partial charge in [0.25, 0.3) is 5.91 Å². The second kappa shape index (κ2) is 7.79. The van der Waals surface area contributed by atoms with Gasteiger partial charge >= 0.3 is 12.0 Å². The largest absolute Gasteiger partial charge is 0.480 e. The number of hydrogen-bond acceptors (Lipinski definition) is 6. The predicted molar refractivity (Wildman–Crippen MR) is 65.6 cm³/mol. The van der Waals surface area contributed by atoms with Gasteiger partial charge in [0.1, 0.15) is 13.2 Å². The zero-order valence-electron chi connectivity index (χ0n) is 10.8. The molecule has 1 rings (SSSR count). The second-order valence-corrected chi connectivity index (χ2v) is 3.77. The van der Waals surface area contributed by atoms with Gasteiger partial charge in [0, 0.05) is 6.20 Å². The Morgan fingerprint density at radius 3 is 2.60 bits per heavy atom. The maximum Gasteiger partial charge on any atom is 0.329 e. The Morgan fingerprint density at radius 1 is 1.25 bits per heavy atom. The van der Waals surface area contributed by atoms with Crippen LogP contribution in [0.3, 0.4) is 0 Å². The van der Waals surface area contributed by atoms with E-state index in [0.717, 1.165) is 5.69 Å². The van der Waals surface area contributed by atoms with Crippen molar-refractivity contribution in [2.45, 2.75) is 13.5 Å². The summed E-state index contributed by atoms with van der Waals surface area (Å²) >= 11 is 0. The first-order chi connectivity index (χ1) is 9.47. The molecule has 0 saturated carbocycles. The lowest BCUT2D eigenvalue weighted by Gasteiger charge is -2.06. The van der Waals surface area contributed by atoms with Crippen LogP contribution in [-0.2, 0) is 20.9 Å². The van der Waals surface area contributed by atoms with Crippen LogP contribution in [0.25, 0.3) is 0 Å². The number of rotatable bonds is 6. The average molecular weight is 282 g/mol. The van der Waals surface area contributed by atoms with Crippen LogP contribution in [0.1, 0.15) is 11.4 Å². The summed E-state index contributed by atoms with van der Waals surface area (Å²) in [6.07, 6.45) is 3.06. The maximum absolute atomic E-state index is 11.3. The van der Waals surface area contributed by atoms with Crippen LogP contribution in [0.15, 0.2) is 12.4 Å². The van der Waals surface area contributed by atoms with Gasteiger partial charge in [-0.15, -0.1) is 0 Å². The minimum Gasteiger partial charge on any atom is -0.480 e. The van der Waals surface area contributed by atoms with Gasteiger partial charge in [-0.3, -0.25) is 20.1 Å². The van der Waals surface area contributed by atoms with E-state index in [1.807, 2.05) is 5.32 Å². The quantitative estimate of drug-likeness (QED) is 0.623. The van der Waals surface area contributed by atoms with E-state index in [9.17, 15) is 14.4 Å². The molecule has 0 unspecified atom stereocenters. The molecule has 0 bridgehead atoms. The van der Waals surface area contributed by atoms with Crippen molar-refractivity contribution in [2.24, 2.45) is 0 Å². The minimum absolute atomic E-state index is 0.113. The van der Waals surface area contributed by atoms with Gasteiger partial charge < -0.3 is 15.2 Å². The number of amides is 3. The van der Waals surface area contributed by atoms with E-state index in [-0.39, 0.29) is 6.54 Å². The van der Waals surface area contributed by atoms with E-state index in [2.05, 4.69) is 20.0 Å². The molecule has 0 saturated heterocycles. The molecule has 9 nitrogen and oxygen atoms in total. The fraction of sp³-hybridized carbons (Fsp3) is 0.364. The number of carbonyl (C=O) groups is 3. The predicted octanol–water partition coefficient (Wildman–Crippen LogP) is -0.788. The first-order valence-electron chi connectivity index (χ1n) is 5.62. The Morgan fingerprint density at radius 2 is 2.00 bits per heavy atom. The van der Waals surface area contributed by atoms with Crippen LogP contribution in [0.5, 0.6) is 0 Å². The van der Waals surface area contributed by atoms with Gasteiger partial charge in [0.2, 0.25) is 0 Å². The standard InChI is InChI=1S/C11H14N4O5/c1-7-2-13-8(3-12-7)4-14-11(19)15-9(16)5-20-6-10(17)18/h2-3H,4-6H2,1H3,(H,17,18)(H2,14,15,16,19). The molecule has 0 atom stereocenters. The lowest BCUT2D eigenvalue weighted by Crippen LogP contribution is -2.41. The summed E-state index contributed by atoms with van der Waals surface area (Å²) in [5.41, 5.74) is 1.30. The third-order valence-electron chi connectivity index (χ3n) is 1.98. The highest BCUT2D eigenvalue weighted by Crippen LogP contribution is 1.92. The number of nitrogens with one attached hydrogen (secondary N) is 2. The van der Waals surface area contributed by atoms with E-state index in [0.29, 0.717) is 5.69 Å². The molecule has 1 aromatic heterocycles. The SMILES string of the molecule is Cc1cnc(CNC(=O)NC(=O)COCC(=O)O)cn1. The van der Waals surface area contributed by atoms with Gasteiger partial charge in [0.05, 0.1) is 24.1 Å². The number of urea groups is 1. The lowest BCUT2D eigenvalue weighted by molar-refractivity contribution is -0.143. The molecule has 3 amide bonds. The third kappa shape index (κ3) is 6.40. The highest BCUT2D eigenvalue weighted by atomic mass is 16.5. The van der Waals surface area contributed by atoms with Crippen molar-refractivity contribution in [3.63, 3.8) is 0 Å². The van der Waals surface area contributed by atoms with E-state index >= 15 is 0 Å². The fourth-order valence-electron chi connectivity index (χ4n) is 1.12. The number of carboxylic acid groups (broad SMARTS) is 1. The highest BCUT2D eigenvalue weighted by Gasteiger charge is 2.08.